The largest absolute Gasteiger partial charge is 0.465 e. The molecule has 1 atom stereocenters. The third-order valence-corrected chi connectivity index (χ3v) is 5.15. The molecule has 2 aromatic rings. The number of esters is 1. The van der Waals surface area contributed by atoms with Crippen LogP contribution < -0.4 is 0 Å². The molecule has 2 rings (SSSR count). The third kappa shape index (κ3) is 4.83. The van der Waals surface area contributed by atoms with Crippen LogP contribution in [0.25, 0.3) is 0 Å². The number of methoxy groups -OCH3 is 1. The van der Waals surface area contributed by atoms with Gasteiger partial charge in [0.25, 0.3) is 0 Å². The van der Waals surface area contributed by atoms with Crippen molar-refractivity contribution < 1.29 is 19.0 Å². The lowest BCUT2D eigenvalue weighted by atomic mass is 10.1. The van der Waals surface area contributed by atoms with E-state index in [0.29, 0.717) is 17.5 Å². The molecule has 1 unspecified atom stereocenters. The predicted molar refractivity (Wildman–Crippen MR) is 86.3 cm³/mol. The summed E-state index contributed by atoms with van der Waals surface area (Å²) in [6.07, 6.45) is 0.843. The van der Waals surface area contributed by atoms with Crippen molar-refractivity contribution in [2.45, 2.75) is 12.6 Å². The first-order valence-corrected chi connectivity index (χ1v) is 9.05. The summed E-state index contributed by atoms with van der Waals surface area (Å²) in [5, 5.41) is 0. The van der Waals surface area contributed by atoms with Crippen molar-refractivity contribution >= 4 is 13.3 Å². The molecule has 0 aromatic heterocycles. The lowest BCUT2D eigenvalue weighted by Crippen LogP contribution is -2.02. The molecule has 4 nitrogen and oxygen atoms in total. The lowest BCUT2D eigenvalue weighted by Gasteiger charge is -2.12. The van der Waals surface area contributed by atoms with E-state index in [1.165, 1.54) is 7.11 Å². The van der Waals surface area contributed by atoms with Crippen molar-refractivity contribution in [3.63, 3.8) is 0 Å². The lowest BCUT2D eigenvalue weighted by molar-refractivity contribution is 0.0600. The number of carbonyl (C=O) groups excluding carboxylic acids is 1. The van der Waals surface area contributed by atoms with Crippen LogP contribution in [0.4, 0.5) is 0 Å². The fourth-order valence-electron chi connectivity index (χ4n) is 2.23. The first-order valence-electron chi connectivity index (χ1n) is 7.02. The summed E-state index contributed by atoms with van der Waals surface area (Å²) in [5.74, 6) is -0.445. The second kappa shape index (κ2) is 7.39. The zero-order valence-electron chi connectivity index (χ0n) is 12.4. The fourth-order valence-corrected chi connectivity index (χ4v) is 3.76. The van der Waals surface area contributed by atoms with Gasteiger partial charge in [0.15, 0.2) is 0 Å². The molecule has 116 valence electrons. The topological polar surface area (TPSA) is 63.6 Å². The van der Waals surface area contributed by atoms with Gasteiger partial charge in [-0.15, -0.1) is 0 Å². The Kier molecular flexibility index (Phi) is 5.53. The molecule has 0 radical (unpaired) electrons. The zero-order valence-corrected chi connectivity index (χ0v) is 13.3. The number of aryl methyl sites for hydroxylation is 1. The first-order chi connectivity index (χ1) is 10.5. The van der Waals surface area contributed by atoms with E-state index < -0.39 is 13.3 Å². The van der Waals surface area contributed by atoms with E-state index in [1.54, 1.807) is 24.3 Å². The van der Waals surface area contributed by atoms with Crippen LogP contribution in [0.3, 0.4) is 0 Å². The molecule has 0 spiro atoms. The maximum atomic E-state index is 12.3. The number of hydrogen-bond acceptors (Lipinski definition) is 3. The van der Waals surface area contributed by atoms with Gasteiger partial charge in [0.05, 0.1) is 12.7 Å². The van der Waals surface area contributed by atoms with Crippen LogP contribution in [0.15, 0.2) is 54.6 Å². The summed E-state index contributed by atoms with van der Waals surface area (Å²) >= 11 is 0. The van der Waals surface area contributed by atoms with Crippen LogP contribution in [-0.2, 0) is 21.9 Å². The molecule has 0 aliphatic rings. The number of carbonyl (C=O) groups is 1. The maximum Gasteiger partial charge on any atom is 0.337 e. The molecule has 0 bridgehead atoms. The summed E-state index contributed by atoms with van der Waals surface area (Å²) in [6.45, 7) is 0. The minimum Gasteiger partial charge on any atom is -0.465 e. The van der Waals surface area contributed by atoms with Gasteiger partial charge in [0.2, 0.25) is 7.37 Å². The second-order valence-corrected chi connectivity index (χ2v) is 7.61. The molecular weight excluding hydrogens is 299 g/mol. The standard InChI is InChI=1S/C17H19O4P/c1-21-17(18)16-9-5-8-15(12-16)13-22(19,20)11-10-14-6-3-2-4-7-14/h2-9,12H,10-11,13H2,1H3,(H,19,20). The van der Waals surface area contributed by atoms with Crippen LogP contribution in [0, 0.1) is 0 Å². The highest BCUT2D eigenvalue weighted by atomic mass is 31.2. The molecule has 5 heteroatoms. The summed E-state index contributed by atoms with van der Waals surface area (Å²) < 4.78 is 17.0. The van der Waals surface area contributed by atoms with Crippen molar-refractivity contribution in [2.24, 2.45) is 0 Å². The number of ether oxygens (including phenoxy) is 1. The van der Waals surface area contributed by atoms with Crippen molar-refractivity contribution in [3.05, 3.63) is 71.3 Å². The Bertz CT molecular complexity index is 682. The van der Waals surface area contributed by atoms with Gasteiger partial charge in [-0.1, -0.05) is 42.5 Å². The van der Waals surface area contributed by atoms with Crippen LogP contribution in [0.1, 0.15) is 21.5 Å². The van der Waals surface area contributed by atoms with Gasteiger partial charge < -0.3 is 9.63 Å². The highest BCUT2D eigenvalue weighted by molar-refractivity contribution is 7.57. The summed E-state index contributed by atoms with van der Waals surface area (Å²) in [4.78, 5) is 21.6. The average molecular weight is 318 g/mol. The van der Waals surface area contributed by atoms with E-state index in [1.807, 2.05) is 30.3 Å². The normalized spacial score (nSPS) is 13.4. The van der Waals surface area contributed by atoms with Crippen molar-refractivity contribution in [1.29, 1.82) is 0 Å². The molecule has 0 aliphatic heterocycles. The Balaban J connectivity index is 2.02. The van der Waals surface area contributed by atoms with E-state index in [4.69, 9.17) is 0 Å². The van der Waals surface area contributed by atoms with Gasteiger partial charge in [-0.05, 0) is 29.7 Å². The van der Waals surface area contributed by atoms with Crippen LogP contribution in [0.5, 0.6) is 0 Å². The molecule has 0 amide bonds. The van der Waals surface area contributed by atoms with Gasteiger partial charge in [-0.3, -0.25) is 4.57 Å². The van der Waals surface area contributed by atoms with E-state index in [0.717, 1.165) is 5.56 Å². The minimum absolute atomic E-state index is 0.0602. The molecule has 0 saturated carbocycles. The van der Waals surface area contributed by atoms with Crippen LogP contribution >= 0.6 is 7.37 Å². The van der Waals surface area contributed by atoms with E-state index in [-0.39, 0.29) is 12.3 Å². The molecule has 0 aliphatic carbocycles. The Morgan fingerprint density at radius 3 is 2.45 bits per heavy atom. The van der Waals surface area contributed by atoms with Gasteiger partial charge in [-0.2, -0.15) is 0 Å². The smallest absolute Gasteiger partial charge is 0.337 e. The Labute approximate surface area is 130 Å². The summed E-state index contributed by atoms with van der Waals surface area (Å²) in [6, 6.07) is 16.3. The molecule has 1 N–H and O–H groups in total. The molecule has 0 fully saturated rings. The number of hydrogen-bond donors (Lipinski definition) is 1. The Hall–Kier alpha value is -1.90. The fraction of sp³-hybridized carbons (Fsp3) is 0.235. The highest BCUT2D eigenvalue weighted by Crippen LogP contribution is 2.44. The molecule has 22 heavy (non-hydrogen) atoms. The molecular formula is C17H19O4P. The molecule has 2 aromatic carbocycles. The van der Waals surface area contributed by atoms with E-state index in [2.05, 4.69) is 4.74 Å². The summed E-state index contributed by atoms with van der Waals surface area (Å²) in [7, 11) is -1.98. The number of rotatable bonds is 6. The first kappa shape index (κ1) is 16.5. The number of benzene rings is 2. The van der Waals surface area contributed by atoms with Crippen LogP contribution in [-0.4, -0.2) is 24.1 Å². The maximum absolute atomic E-state index is 12.3. The van der Waals surface area contributed by atoms with E-state index >= 15 is 0 Å². The van der Waals surface area contributed by atoms with Crippen molar-refractivity contribution in [1.82, 2.24) is 0 Å². The molecule has 0 heterocycles. The Morgan fingerprint density at radius 1 is 1.09 bits per heavy atom. The minimum atomic E-state index is -3.29. The highest BCUT2D eigenvalue weighted by Gasteiger charge is 2.19. The Morgan fingerprint density at radius 2 is 1.77 bits per heavy atom. The summed E-state index contributed by atoms with van der Waals surface area (Å²) in [5.41, 5.74) is 2.10. The van der Waals surface area contributed by atoms with E-state index in [9.17, 15) is 14.3 Å². The quantitative estimate of drug-likeness (QED) is 0.654. The zero-order chi connectivity index (χ0) is 16.0. The molecule has 0 saturated heterocycles. The van der Waals surface area contributed by atoms with Gasteiger partial charge in [-0.25, -0.2) is 4.79 Å². The van der Waals surface area contributed by atoms with Gasteiger partial charge in [0, 0.05) is 12.3 Å². The third-order valence-electron chi connectivity index (χ3n) is 3.37. The van der Waals surface area contributed by atoms with Gasteiger partial charge >= 0.3 is 5.97 Å². The van der Waals surface area contributed by atoms with Crippen molar-refractivity contribution in [2.75, 3.05) is 13.3 Å². The average Bonchev–Trinajstić information content (AvgIpc) is 2.53. The SMILES string of the molecule is COC(=O)c1cccc(CP(=O)(O)CCc2ccccc2)c1. The second-order valence-electron chi connectivity index (χ2n) is 5.16. The van der Waals surface area contributed by atoms with Crippen LogP contribution in [0.2, 0.25) is 0 Å². The van der Waals surface area contributed by atoms with Crippen molar-refractivity contribution in [3.8, 4) is 0 Å². The monoisotopic (exact) mass is 318 g/mol. The predicted octanol–water partition coefficient (Wildman–Crippen LogP) is 3.49. The van der Waals surface area contributed by atoms with Gasteiger partial charge in [0.1, 0.15) is 0 Å².